The van der Waals surface area contributed by atoms with Crippen LogP contribution in [0.2, 0.25) is 5.02 Å². The minimum absolute atomic E-state index is 0.184. The minimum atomic E-state index is -0.766. The number of rotatable bonds is 7. The molecule has 2 aromatic carbocycles. The Labute approximate surface area is 180 Å². The van der Waals surface area contributed by atoms with Crippen molar-refractivity contribution in [1.82, 2.24) is 10.6 Å². The molecule has 2 N–H and O–H groups in total. The van der Waals surface area contributed by atoms with E-state index >= 15 is 0 Å². The van der Waals surface area contributed by atoms with Crippen molar-refractivity contribution in [2.75, 3.05) is 14.2 Å². The van der Waals surface area contributed by atoms with E-state index in [2.05, 4.69) is 10.6 Å². The summed E-state index contributed by atoms with van der Waals surface area (Å²) < 4.78 is 16.5. The molecular formula is C22H23ClN2O5. The van der Waals surface area contributed by atoms with Gasteiger partial charge in [-0.05, 0) is 18.6 Å². The molecule has 30 heavy (non-hydrogen) atoms. The third kappa shape index (κ3) is 4.36. The zero-order valence-electron chi connectivity index (χ0n) is 17.0. The number of esters is 1. The van der Waals surface area contributed by atoms with Crippen LogP contribution in [-0.4, -0.2) is 26.2 Å². The molecule has 0 radical (unpaired) electrons. The number of urea groups is 1. The highest BCUT2D eigenvalue weighted by molar-refractivity contribution is 6.31. The number of hydrogen-bond acceptors (Lipinski definition) is 5. The molecule has 1 heterocycles. The summed E-state index contributed by atoms with van der Waals surface area (Å²) in [7, 11) is 2.83. The normalized spacial score (nSPS) is 15.9. The molecule has 2 amide bonds. The monoisotopic (exact) mass is 430 g/mol. The Kier molecular flexibility index (Phi) is 6.84. The van der Waals surface area contributed by atoms with Crippen molar-refractivity contribution in [3.8, 4) is 11.5 Å². The quantitative estimate of drug-likeness (QED) is 0.645. The van der Waals surface area contributed by atoms with Crippen LogP contribution in [0.1, 0.15) is 30.5 Å². The fraction of sp³-hybridized carbons (Fsp3) is 0.273. The van der Waals surface area contributed by atoms with Gasteiger partial charge in [-0.1, -0.05) is 48.9 Å². The first kappa shape index (κ1) is 21.5. The van der Waals surface area contributed by atoms with Crippen LogP contribution in [0.15, 0.2) is 53.7 Å². The van der Waals surface area contributed by atoms with Crippen molar-refractivity contribution < 1.29 is 23.8 Å². The molecule has 158 valence electrons. The third-order valence-corrected chi connectivity index (χ3v) is 5.15. The van der Waals surface area contributed by atoms with Gasteiger partial charge in [0, 0.05) is 21.8 Å². The van der Waals surface area contributed by atoms with Crippen LogP contribution in [0.5, 0.6) is 11.5 Å². The smallest absolute Gasteiger partial charge is 0.337 e. The number of ether oxygens (including phenoxy) is 3. The van der Waals surface area contributed by atoms with E-state index in [1.165, 1.54) is 14.2 Å². The standard InChI is InChI=1S/C22H23ClN2O5/c1-4-16-18(21(26)29-3)19(25-22(27)24-16)14-9-7-11-17(28-2)20(14)30-12-13-8-5-6-10-15(13)23/h5-11,19H,4,12H2,1-3H3,(H2,24,25,27). The summed E-state index contributed by atoms with van der Waals surface area (Å²) in [4.78, 5) is 24.8. The van der Waals surface area contributed by atoms with E-state index in [1.807, 2.05) is 25.1 Å². The Morgan fingerprint density at radius 3 is 2.57 bits per heavy atom. The van der Waals surface area contributed by atoms with Gasteiger partial charge in [-0.2, -0.15) is 0 Å². The number of halogens is 1. The Bertz CT molecular complexity index is 989. The van der Waals surface area contributed by atoms with Gasteiger partial charge in [0.05, 0.1) is 25.8 Å². The molecule has 2 aromatic rings. The molecule has 7 nitrogen and oxygen atoms in total. The fourth-order valence-corrected chi connectivity index (χ4v) is 3.51. The van der Waals surface area contributed by atoms with E-state index in [9.17, 15) is 9.59 Å². The molecular weight excluding hydrogens is 408 g/mol. The summed E-state index contributed by atoms with van der Waals surface area (Å²) in [6.45, 7) is 2.03. The molecule has 0 aromatic heterocycles. The van der Waals surface area contributed by atoms with Gasteiger partial charge in [-0.3, -0.25) is 0 Å². The fourth-order valence-electron chi connectivity index (χ4n) is 3.32. The molecule has 0 aliphatic carbocycles. The Hall–Kier alpha value is -3.19. The van der Waals surface area contributed by atoms with Gasteiger partial charge in [0.15, 0.2) is 11.5 Å². The number of amides is 2. The molecule has 1 aliphatic rings. The molecule has 1 unspecified atom stereocenters. The van der Waals surface area contributed by atoms with Gasteiger partial charge >= 0.3 is 12.0 Å². The second-order valence-corrected chi connectivity index (χ2v) is 6.93. The van der Waals surface area contributed by atoms with Crippen LogP contribution in [-0.2, 0) is 16.1 Å². The second-order valence-electron chi connectivity index (χ2n) is 6.53. The van der Waals surface area contributed by atoms with E-state index < -0.39 is 18.0 Å². The Morgan fingerprint density at radius 2 is 1.90 bits per heavy atom. The minimum Gasteiger partial charge on any atom is -0.493 e. The van der Waals surface area contributed by atoms with Gasteiger partial charge in [0.2, 0.25) is 0 Å². The number of nitrogens with one attached hydrogen (secondary N) is 2. The summed E-state index contributed by atoms with van der Waals surface area (Å²) >= 11 is 6.25. The first-order valence-corrected chi connectivity index (χ1v) is 9.79. The number of methoxy groups -OCH3 is 2. The largest absolute Gasteiger partial charge is 0.493 e. The van der Waals surface area contributed by atoms with E-state index in [1.54, 1.807) is 24.3 Å². The first-order valence-electron chi connectivity index (χ1n) is 9.42. The maximum absolute atomic E-state index is 12.6. The lowest BCUT2D eigenvalue weighted by atomic mass is 9.93. The van der Waals surface area contributed by atoms with Crippen molar-refractivity contribution >= 4 is 23.6 Å². The molecule has 0 bridgehead atoms. The second kappa shape index (κ2) is 9.54. The topological polar surface area (TPSA) is 85.9 Å². The molecule has 3 rings (SSSR count). The predicted octanol–water partition coefficient (Wildman–Crippen LogP) is 4.12. The maximum Gasteiger partial charge on any atom is 0.337 e. The summed E-state index contributed by atoms with van der Waals surface area (Å²) in [5.74, 6) is 0.336. The van der Waals surface area contributed by atoms with E-state index in [4.69, 9.17) is 25.8 Å². The van der Waals surface area contributed by atoms with Crippen LogP contribution in [0, 0.1) is 0 Å². The average molecular weight is 431 g/mol. The molecule has 1 atom stereocenters. The van der Waals surface area contributed by atoms with Crippen molar-refractivity contribution in [2.24, 2.45) is 0 Å². The van der Waals surface area contributed by atoms with Crippen LogP contribution in [0.3, 0.4) is 0 Å². The summed E-state index contributed by atoms with van der Waals surface area (Å²) in [5, 5.41) is 6.05. The molecule has 0 spiro atoms. The number of hydrogen-bond donors (Lipinski definition) is 2. The number of carbonyl (C=O) groups is 2. The lowest BCUT2D eigenvalue weighted by molar-refractivity contribution is -0.136. The zero-order chi connectivity index (χ0) is 21.7. The van der Waals surface area contributed by atoms with Crippen LogP contribution in [0.4, 0.5) is 4.79 Å². The van der Waals surface area contributed by atoms with E-state index in [-0.39, 0.29) is 6.61 Å². The maximum atomic E-state index is 12.6. The average Bonchev–Trinajstić information content (AvgIpc) is 2.77. The SMILES string of the molecule is CCC1=C(C(=O)OC)C(c2cccc(OC)c2OCc2ccccc2Cl)NC(=O)N1. The Balaban J connectivity index is 2.07. The molecule has 1 aliphatic heterocycles. The van der Waals surface area contributed by atoms with Gasteiger partial charge < -0.3 is 24.8 Å². The molecule has 0 fully saturated rings. The third-order valence-electron chi connectivity index (χ3n) is 4.78. The number of para-hydroxylation sites is 1. The van der Waals surface area contributed by atoms with Crippen molar-refractivity contribution in [3.05, 3.63) is 69.9 Å². The molecule has 8 heteroatoms. The highest BCUT2D eigenvalue weighted by atomic mass is 35.5. The predicted molar refractivity (Wildman–Crippen MR) is 113 cm³/mol. The van der Waals surface area contributed by atoms with Gasteiger partial charge in [-0.25, -0.2) is 9.59 Å². The summed E-state index contributed by atoms with van der Waals surface area (Å²) in [5.41, 5.74) is 2.18. The van der Waals surface area contributed by atoms with Crippen molar-refractivity contribution in [2.45, 2.75) is 26.0 Å². The highest BCUT2D eigenvalue weighted by Crippen LogP contribution is 2.40. The Morgan fingerprint density at radius 1 is 1.13 bits per heavy atom. The highest BCUT2D eigenvalue weighted by Gasteiger charge is 2.35. The number of allylic oxidation sites excluding steroid dienone is 1. The van der Waals surface area contributed by atoms with Crippen molar-refractivity contribution in [3.63, 3.8) is 0 Å². The van der Waals surface area contributed by atoms with Crippen LogP contribution < -0.4 is 20.1 Å². The van der Waals surface area contributed by atoms with E-state index in [0.717, 1.165) is 5.56 Å². The molecule has 0 saturated heterocycles. The number of carbonyl (C=O) groups excluding carboxylic acids is 2. The van der Waals surface area contributed by atoms with Crippen LogP contribution >= 0.6 is 11.6 Å². The van der Waals surface area contributed by atoms with Crippen LogP contribution in [0.25, 0.3) is 0 Å². The summed E-state index contributed by atoms with van der Waals surface area (Å²) in [6, 6.07) is 11.5. The zero-order valence-corrected chi connectivity index (χ0v) is 17.7. The van der Waals surface area contributed by atoms with Gasteiger partial charge in [-0.15, -0.1) is 0 Å². The molecule has 0 saturated carbocycles. The number of benzene rings is 2. The summed E-state index contributed by atoms with van der Waals surface area (Å²) in [6.07, 6.45) is 0.453. The van der Waals surface area contributed by atoms with Crippen molar-refractivity contribution in [1.29, 1.82) is 0 Å². The van der Waals surface area contributed by atoms with Gasteiger partial charge in [0.1, 0.15) is 6.61 Å². The van der Waals surface area contributed by atoms with E-state index in [0.29, 0.717) is 39.8 Å². The van der Waals surface area contributed by atoms with Gasteiger partial charge in [0.25, 0.3) is 0 Å². The lowest BCUT2D eigenvalue weighted by Crippen LogP contribution is -2.45. The lowest BCUT2D eigenvalue weighted by Gasteiger charge is -2.30. The first-order chi connectivity index (χ1) is 14.5.